The molecule has 3 aliphatic rings. The van der Waals surface area contributed by atoms with E-state index in [-0.39, 0.29) is 44.7 Å². The Kier molecular flexibility index (Phi) is 7.53. The number of piperidine rings is 1. The Hall–Kier alpha value is -2.76. The summed E-state index contributed by atoms with van der Waals surface area (Å²) in [6, 6.07) is 1.27. The Labute approximate surface area is 205 Å². The van der Waals surface area contributed by atoms with Gasteiger partial charge in [-0.05, 0) is 25.7 Å². The minimum Gasteiger partial charge on any atom is -0.350 e. The molecule has 3 aliphatic heterocycles. The zero-order valence-corrected chi connectivity index (χ0v) is 20.0. The molecule has 2 atom stereocenters. The quantitative estimate of drug-likeness (QED) is 0.337. The topological polar surface area (TPSA) is 114 Å². The molecule has 0 unspecified atom stereocenters. The summed E-state index contributed by atoms with van der Waals surface area (Å²) in [5.74, 6) is -8.73. The molecule has 0 aromatic heterocycles. The van der Waals surface area contributed by atoms with Crippen molar-refractivity contribution in [2.45, 2.75) is 38.3 Å². The Balaban J connectivity index is 1.39. The van der Waals surface area contributed by atoms with Crippen molar-refractivity contribution in [3.05, 3.63) is 34.9 Å². The molecule has 36 heavy (non-hydrogen) atoms. The zero-order chi connectivity index (χ0) is 26.2. The number of hydrogen-bond acceptors (Lipinski definition) is 5. The van der Waals surface area contributed by atoms with E-state index < -0.39 is 69.4 Å². The molecule has 3 fully saturated rings. The molecule has 9 nitrogen and oxygen atoms in total. The Morgan fingerprint density at radius 1 is 1.00 bits per heavy atom. The zero-order valence-electron chi connectivity index (χ0n) is 19.2. The SMILES string of the molecule is N#CC1CN(S(=O)(=O)N2CCC[C@H](C(=O)N3CCC[C@@H]3C(=O)NCc3c(F)cc(F)c(F)c3F)C2)C1. The van der Waals surface area contributed by atoms with Crippen LogP contribution in [0.3, 0.4) is 0 Å². The van der Waals surface area contributed by atoms with E-state index in [1.807, 2.05) is 6.07 Å². The summed E-state index contributed by atoms with van der Waals surface area (Å²) < 4.78 is 82.5. The average Bonchev–Trinajstić information content (AvgIpc) is 3.31. The van der Waals surface area contributed by atoms with Gasteiger partial charge >= 0.3 is 0 Å². The number of nitriles is 1. The first kappa shape index (κ1) is 26.3. The molecule has 3 heterocycles. The smallest absolute Gasteiger partial charge is 0.282 e. The van der Waals surface area contributed by atoms with Gasteiger partial charge in [-0.25, -0.2) is 17.6 Å². The van der Waals surface area contributed by atoms with Crippen LogP contribution in [-0.2, 0) is 26.3 Å². The molecule has 4 rings (SSSR count). The van der Waals surface area contributed by atoms with Crippen LogP contribution >= 0.6 is 0 Å². The summed E-state index contributed by atoms with van der Waals surface area (Å²) in [4.78, 5) is 27.3. The lowest BCUT2D eigenvalue weighted by molar-refractivity contribution is -0.142. The summed E-state index contributed by atoms with van der Waals surface area (Å²) in [5, 5.41) is 11.2. The normalized spacial score (nSPS) is 23.8. The molecule has 0 saturated carbocycles. The second kappa shape index (κ2) is 10.3. The van der Waals surface area contributed by atoms with E-state index in [0.717, 1.165) is 0 Å². The molecule has 1 aromatic rings. The maximum absolute atomic E-state index is 13.9. The standard InChI is InChI=1S/C22H25F4N5O4S/c23-16-7-17(24)20(26)19(25)15(16)9-28-21(32)18-4-2-6-31(18)22(33)14-3-1-5-29(12-14)36(34,35)30-10-13(8-27)11-30/h7,13-14,18H,1-6,9-12H2,(H,28,32)/t14-,18+/m0/s1. The first-order chi connectivity index (χ1) is 17.0. The number of rotatable bonds is 6. The lowest BCUT2D eigenvalue weighted by atomic mass is 9.97. The van der Waals surface area contributed by atoms with Gasteiger partial charge in [0.1, 0.15) is 11.9 Å². The molecular weight excluding hydrogens is 506 g/mol. The van der Waals surface area contributed by atoms with Crippen LogP contribution in [0.5, 0.6) is 0 Å². The molecule has 0 radical (unpaired) electrons. The van der Waals surface area contributed by atoms with Crippen LogP contribution in [0.25, 0.3) is 0 Å². The number of carbonyl (C=O) groups is 2. The van der Waals surface area contributed by atoms with Crippen LogP contribution in [0.4, 0.5) is 17.6 Å². The van der Waals surface area contributed by atoms with Gasteiger partial charge in [0.05, 0.1) is 17.9 Å². The largest absolute Gasteiger partial charge is 0.350 e. The molecular formula is C22H25F4N5O4S. The number of halogens is 4. The van der Waals surface area contributed by atoms with Crippen molar-refractivity contribution in [2.75, 3.05) is 32.7 Å². The number of nitrogens with one attached hydrogen (secondary N) is 1. The van der Waals surface area contributed by atoms with Crippen molar-refractivity contribution in [2.24, 2.45) is 11.8 Å². The maximum atomic E-state index is 13.9. The van der Waals surface area contributed by atoms with Crippen LogP contribution in [0.15, 0.2) is 6.07 Å². The molecule has 0 spiro atoms. The van der Waals surface area contributed by atoms with Crippen LogP contribution < -0.4 is 5.32 Å². The van der Waals surface area contributed by atoms with E-state index in [0.29, 0.717) is 25.7 Å². The monoisotopic (exact) mass is 531 g/mol. The van der Waals surface area contributed by atoms with Gasteiger partial charge in [-0.3, -0.25) is 9.59 Å². The minimum atomic E-state index is -3.80. The lowest BCUT2D eigenvalue weighted by Gasteiger charge is -2.41. The van der Waals surface area contributed by atoms with Gasteiger partial charge in [0.2, 0.25) is 11.8 Å². The second-order valence-corrected chi connectivity index (χ2v) is 11.1. The number of hydrogen-bond donors (Lipinski definition) is 1. The Morgan fingerprint density at radius 3 is 2.39 bits per heavy atom. The summed E-state index contributed by atoms with van der Waals surface area (Å²) in [6.07, 6.45) is 1.67. The van der Waals surface area contributed by atoms with Crippen LogP contribution in [0, 0.1) is 46.4 Å². The third-order valence-electron chi connectivity index (χ3n) is 6.90. The minimum absolute atomic E-state index is 0.0506. The van der Waals surface area contributed by atoms with E-state index in [1.165, 1.54) is 13.5 Å². The van der Waals surface area contributed by atoms with E-state index in [2.05, 4.69) is 5.32 Å². The van der Waals surface area contributed by atoms with Crippen LogP contribution in [0.1, 0.15) is 31.2 Å². The van der Waals surface area contributed by atoms with E-state index in [1.54, 1.807) is 0 Å². The highest BCUT2D eigenvalue weighted by Gasteiger charge is 2.44. The molecule has 0 aliphatic carbocycles. The van der Waals surface area contributed by atoms with Gasteiger partial charge in [0, 0.05) is 50.9 Å². The highest BCUT2D eigenvalue weighted by molar-refractivity contribution is 7.86. The fourth-order valence-corrected chi connectivity index (χ4v) is 6.61. The number of likely N-dealkylation sites (tertiary alicyclic amines) is 1. The summed E-state index contributed by atoms with van der Waals surface area (Å²) in [6.45, 7) is -0.0612. The fourth-order valence-electron chi connectivity index (χ4n) is 4.82. The highest BCUT2D eigenvalue weighted by atomic mass is 32.2. The molecule has 1 aromatic carbocycles. The molecule has 14 heteroatoms. The Morgan fingerprint density at radius 2 is 1.69 bits per heavy atom. The van der Waals surface area contributed by atoms with Crippen molar-refractivity contribution in [3.8, 4) is 6.07 Å². The molecule has 196 valence electrons. The first-order valence-corrected chi connectivity index (χ1v) is 13.0. The van der Waals surface area contributed by atoms with Gasteiger partial charge in [-0.15, -0.1) is 0 Å². The van der Waals surface area contributed by atoms with Crippen molar-refractivity contribution in [1.82, 2.24) is 18.8 Å². The fraction of sp³-hybridized carbons (Fsp3) is 0.591. The third kappa shape index (κ3) is 4.91. The van der Waals surface area contributed by atoms with Gasteiger partial charge in [0.25, 0.3) is 10.2 Å². The average molecular weight is 532 g/mol. The summed E-state index contributed by atoms with van der Waals surface area (Å²) in [5.41, 5.74) is -0.837. The van der Waals surface area contributed by atoms with E-state index >= 15 is 0 Å². The van der Waals surface area contributed by atoms with Gasteiger partial charge in [-0.2, -0.15) is 22.3 Å². The van der Waals surface area contributed by atoms with Crippen molar-refractivity contribution >= 4 is 22.0 Å². The van der Waals surface area contributed by atoms with E-state index in [9.17, 15) is 35.6 Å². The van der Waals surface area contributed by atoms with Crippen molar-refractivity contribution in [3.63, 3.8) is 0 Å². The number of amides is 2. The number of nitrogens with zero attached hydrogens (tertiary/aromatic N) is 4. The van der Waals surface area contributed by atoms with Crippen LogP contribution in [-0.4, -0.2) is 72.5 Å². The number of benzene rings is 1. The molecule has 3 saturated heterocycles. The number of carbonyl (C=O) groups excluding carboxylic acids is 2. The summed E-state index contributed by atoms with van der Waals surface area (Å²) in [7, 11) is -3.80. The predicted molar refractivity (Wildman–Crippen MR) is 117 cm³/mol. The second-order valence-electron chi connectivity index (χ2n) is 9.20. The molecule has 0 bridgehead atoms. The van der Waals surface area contributed by atoms with Gasteiger partial charge in [0.15, 0.2) is 17.5 Å². The van der Waals surface area contributed by atoms with E-state index in [4.69, 9.17) is 5.26 Å². The van der Waals surface area contributed by atoms with Crippen molar-refractivity contribution in [1.29, 1.82) is 5.26 Å². The molecule has 1 N–H and O–H groups in total. The van der Waals surface area contributed by atoms with Crippen molar-refractivity contribution < 1.29 is 35.6 Å². The third-order valence-corrected chi connectivity index (χ3v) is 8.84. The maximum Gasteiger partial charge on any atom is 0.282 e. The highest BCUT2D eigenvalue weighted by Crippen LogP contribution is 2.29. The Bertz CT molecular complexity index is 1200. The van der Waals surface area contributed by atoms with Gasteiger partial charge < -0.3 is 10.2 Å². The van der Waals surface area contributed by atoms with Gasteiger partial charge in [-0.1, -0.05) is 0 Å². The predicted octanol–water partition coefficient (Wildman–Crippen LogP) is 1.26. The lowest BCUT2D eigenvalue weighted by Crippen LogP contribution is -2.57. The summed E-state index contributed by atoms with van der Waals surface area (Å²) >= 11 is 0. The molecule has 2 amide bonds. The van der Waals surface area contributed by atoms with Crippen LogP contribution in [0.2, 0.25) is 0 Å². The first-order valence-electron chi connectivity index (χ1n) is 11.6.